The Hall–Kier alpha value is -1.91. The summed E-state index contributed by atoms with van der Waals surface area (Å²) in [4.78, 5) is 0. The van der Waals surface area contributed by atoms with Gasteiger partial charge in [-0.15, -0.1) is 0 Å². The Kier molecular flexibility index (Phi) is 2.83. The zero-order valence-corrected chi connectivity index (χ0v) is 8.20. The van der Waals surface area contributed by atoms with Gasteiger partial charge in [-0.2, -0.15) is 0 Å². The maximum Gasteiger partial charge on any atom is 0.161 e. The van der Waals surface area contributed by atoms with Crippen molar-refractivity contribution >= 4 is 0 Å². The van der Waals surface area contributed by atoms with E-state index in [0.29, 0.717) is 12.1 Å². The van der Waals surface area contributed by atoms with Crippen LogP contribution in [0.15, 0.2) is 24.3 Å². The highest BCUT2D eigenvalue weighted by molar-refractivity contribution is 5.64. The molecule has 2 aromatic carbocycles. The molecule has 0 bridgehead atoms. The highest BCUT2D eigenvalue weighted by atomic mass is 19.2. The topological polar surface area (TPSA) is 0 Å². The van der Waals surface area contributed by atoms with E-state index in [1.807, 2.05) is 0 Å². The van der Waals surface area contributed by atoms with E-state index in [4.69, 9.17) is 0 Å². The molecule has 1 radical (unpaired) electrons. The van der Waals surface area contributed by atoms with Crippen molar-refractivity contribution in [3.63, 3.8) is 0 Å². The Morgan fingerprint density at radius 1 is 0.706 bits per heavy atom. The molecule has 0 N–H and O–H groups in total. The standard InChI is InChI=1S/C12H4F5/c13-6-1-2-7(9(14)3-6)8-4-11(16)12(17)5-10(8)15/h1-2,4-5H. The summed E-state index contributed by atoms with van der Waals surface area (Å²) in [5.41, 5.74) is -0.875. The Morgan fingerprint density at radius 2 is 1.35 bits per heavy atom. The second-order valence-corrected chi connectivity index (χ2v) is 3.28. The molecule has 17 heavy (non-hydrogen) atoms. The second kappa shape index (κ2) is 4.16. The van der Waals surface area contributed by atoms with Gasteiger partial charge in [0.2, 0.25) is 0 Å². The third-order valence-corrected chi connectivity index (χ3v) is 2.16. The molecule has 0 fully saturated rings. The van der Waals surface area contributed by atoms with Crippen molar-refractivity contribution in [1.82, 2.24) is 0 Å². The summed E-state index contributed by atoms with van der Waals surface area (Å²) in [6.07, 6.45) is 0. The first-order valence-corrected chi connectivity index (χ1v) is 4.51. The summed E-state index contributed by atoms with van der Waals surface area (Å²) in [5, 5.41) is 0. The number of hydrogen-bond acceptors (Lipinski definition) is 0. The van der Waals surface area contributed by atoms with Crippen molar-refractivity contribution < 1.29 is 22.0 Å². The van der Waals surface area contributed by atoms with Gasteiger partial charge in [-0.3, -0.25) is 0 Å². The van der Waals surface area contributed by atoms with Gasteiger partial charge in [-0.25, -0.2) is 22.0 Å². The highest BCUT2D eigenvalue weighted by Gasteiger charge is 2.15. The third kappa shape index (κ3) is 2.13. The first-order chi connectivity index (χ1) is 7.99. The van der Waals surface area contributed by atoms with Crippen molar-refractivity contribution in [3.05, 3.63) is 59.4 Å². The van der Waals surface area contributed by atoms with Crippen LogP contribution < -0.4 is 0 Å². The largest absolute Gasteiger partial charge is 0.206 e. The van der Waals surface area contributed by atoms with E-state index in [9.17, 15) is 22.0 Å². The summed E-state index contributed by atoms with van der Waals surface area (Å²) in [6.45, 7) is 0. The summed E-state index contributed by atoms with van der Waals surface area (Å²) in [6, 6.07) is 4.26. The number of benzene rings is 2. The second-order valence-electron chi connectivity index (χ2n) is 3.28. The molecule has 0 spiro atoms. The SMILES string of the molecule is Fc1[c]c(F)c(-c2cc(F)c(F)cc2F)cc1. The van der Waals surface area contributed by atoms with E-state index in [2.05, 4.69) is 0 Å². The predicted molar refractivity (Wildman–Crippen MR) is 50.5 cm³/mol. The molecule has 0 saturated heterocycles. The van der Waals surface area contributed by atoms with Gasteiger partial charge >= 0.3 is 0 Å². The summed E-state index contributed by atoms with van der Waals surface area (Å²) < 4.78 is 64.7. The Balaban J connectivity index is 2.64. The minimum absolute atomic E-state index is 0.299. The van der Waals surface area contributed by atoms with Crippen LogP contribution in [-0.2, 0) is 0 Å². The van der Waals surface area contributed by atoms with Crippen molar-refractivity contribution in [2.75, 3.05) is 0 Å². The molecule has 0 unspecified atom stereocenters. The van der Waals surface area contributed by atoms with Gasteiger partial charge in [0.15, 0.2) is 11.6 Å². The predicted octanol–water partition coefficient (Wildman–Crippen LogP) is 3.85. The number of rotatable bonds is 1. The van der Waals surface area contributed by atoms with Crippen LogP contribution in [0.2, 0.25) is 0 Å². The van der Waals surface area contributed by atoms with Crippen LogP contribution in [0, 0.1) is 35.2 Å². The normalized spacial score (nSPS) is 10.6. The van der Waals surface area contributed by atoms with Crippen LogP contribution in [0.3, 0.4) is 0 Å². The molecular weight excluding hydrogens is 239 g/mol. The minimum Gasteiger partial charge on any atom is -0.206 e. The molecule has 2 rings (SSSR count). The summed E-state index contributed by atoms with van der Waals surface area (Å²) >= 11 is 0. The summed E-state index contributed by atoms with van der Waals surface area (Å²) in [7, 11) is 0. The van der Waals surface area contributed by atoms with E-state index in [-0.39, 0.29) is 5.56 Å². The average molecular weight is 243 g/mol. The van der Waals surface area contributed by atoms with Gasteiger partial charge in [0.1, 0.15) is 17.5 Å². The van der Waals surface area contributed by atoms with Crippen molar-refractivity contribution in [2.24, 2.45) is 0 Å². The molecule has 0 saturated carbocycles. The Labute approximate surface area is 93.3 Å². The minimum atomic E-state index is -1.38. The van der Waals surface area contributed by atoms with E-state index in [0.717, 1.165) is 12.1 Å². The van der Waals surface area contributed by atoms with Crippen LogP contribution in [-0.4, -0.2) is 0 Å². The first-order valence-electron chi connectivity index (χ1n) is 4.51. The lowest BCUT2D eigenvalue weighted by molar-refractivity contribution is 0.495. The Morgan fingerprint density at radius 3 is 2.00 bits per heavy atom. The molecule has 0 atom stereocenters. The van der Waals surface area contributed by atoms with Crippen molar-refractivity contribution in [1.29, 1.82) is 0 Å². The molecule has 0 aliphatic heterocycles. The Bertz CT molecular complexity index is 577. The fraction of sp³-hybridized carbons (Fsp3) is 0. The van der Waals surface area contributed by atoms with E-state index < -0.39 is 34.6 Å². The van der Waals surface area contributed by atoms with E-state index >= 15 is 0 Å². The summed E-state index contributed by atoms with van der Waals surface area (Å²) in [5.74, 6) is -5.96. The van der Waals surface area contributed by atoms with E-state index in [1.54, 1.807) is 6.07 Å². The lowest BCUT2D eigenvalue weighted by atomic mass is 10.0. The molecule has 0 aromatic heterocycles. The van der Waals surface area contributed by atoms with Crippen LogP contribution in [0.5, 0.6) is 0 Å². The van der Waals surface area contributed by atoms with Gasteiger partial charge in [0, 0.05) is 17.2 Å². The first kappa shape index (κ1) is 11.6. The van der Waals surface area contributed by atoms with Crippen LogP contribution in [0.4, 0.5) is 22.0 Å². The van der Waals surface area contributed by atoms with Gasteiger partial charge in [0.25, 0.3) is 0 Å². The maximum absolute atomic E-state index is 13.3. The van der Waals surface area contributed by atoms with E-state index in [1.165, 1.54) is 0 Å². The molecule has 5 heteroatoms. The van der Waals surface area contributed by atoms with Gasteiger partial charge in [-0.1, -0.05) is 0 Å². The average Bonchev–Trinajstić information content (AvgIpc) is 2.24. The van der Waals surface area contributed by atoms with Gasteiger partial charge in [0.05, 0.1) is 6.07 Å². The molecule has 0 heterocycles. The van der Waals surface area contributed by atoms with Gasteiger partial charge in [-0.05, 0) is 18.2 Å². The monoisotopic (exact) mass is 243 g/mol. The lowest BCUT2D eigenvalue weighted by Crippen LogP contribution is -1.94. The van der Waals surface area contributed by atoms with Crippen LogP contribution in [0.1, 0.15) is 0 Å². The fourth-order valence-electron chi connectivity index (χ4n) is 1.38. The number of halogens is 5. The molecule has 2 aromatic rings. The zero-order chi connectivity index (χ0) is 12.6. The fourth-order valence-corrected chi connectivity index (χ4v) is 1.38. The number of hydrogen-bond donors (Lipinski definition) is 0. The lowest BCUT2D eigenvalue weighted by Gasteiger charge is -2.05. The van der Waals surface area contributed by atoms with Gasteiger partial charge < -0.3 is 0 Å². The zero-order valence-electron chi connectivity index (χ0n) is 8.20. The molecule has 0 aliphatic rings. The van der Waals surface area contributed by atoms with Crippen molar-refractivity contribution in [3.8, 4) is 11.1 Å². The van der Waals surface area contributed by atoms with Crippen LogP contribution in [0.25, 0.3) is 11.1 Å². The smallest absolute Gasteiger partial charge is 0.161 e. The quantitative estimate of drug-likeness (QED) is 0.527. The molecule has 0 amide bonds. The maximum atomic E-state index is 13.3. The van der Waals surface area contributed by atoms with Crippen molar-refractivity contribution in [2.45, 2.75) is 0 Å². The molecular formula is C12H4F5. The third-order valence-electron chi connectivity index (χ3n) is 2.16. The molecule has 0 aliphatic carbocycles. The van der Waals surface area contributed by atoms with Crippen LogP contribution >= 0.6 is 0 Å². The molecule has 0 nitrogen and oxygen atoms in total. The highest BCUT2D eigenvalue weighted by Crippen LogP contribution is 2.27. The molecule has 87 valence electrons.